The van der Waals surface area contributed by atoms with Crippen molar-refractivity contribution >= 4 is 45.0 Å². The summed E-state index contributed by atoms with van der Waals surface area (Å²) in [6, 6.07) is 16.1. The van der Waals surface area contributed by atoms with Gasteiger partial charge in [0.2, 0.25) is 0 Å². The molecular formula is C23H22ClN3O6S. The molecule has 34 heavy (non-hydrogen) atoms. The highest BCUT2D eigenvalue weighted by Gasteiger charge is 2.18. The van der Waals surface area contributed by atoms with Crippen LogP contribution in [0.15, 0.2) is 71.6 Å². The van der Waals surface area contributed by atoms with E-state index in [-0.39, 0.29) is 22.8 Å². The van der Waals surface area contributed by atoms with Gasteiger partial charge in [-0.1, -0.05) is 23.7 Å². The van der Waals surface area contributed by atoms with E-state index in [0.29, 0.717) is 28.6 Å². The summed E-state index contributed by atoms with van der Waals surface area (Å²) < 4.78 is 34.3. The molecule has 3 rings (SSSR count). The van der Waals surface area contributed by atoms with Crippen LogP contribution in [0.4, 0.5) is 16.2 Å². The van der Waals surface area contributed by atoms with Crippen LogP contribution in [0.5, 0.6) is 11.5 Å². The minimum atomic E-state index is -4.02. The van der Waals surface area contributed by atoms with Crippen molar-refractivity contribution in [3.8, 4) is 11.5 Å². The predicted molar refractivity (Wildman–Crippen MR) is 129 cm³/mol. The average molecular weight is 504 g/mol. The number of hydrogen-bond acceptors (Lipinski definition) is 5. The fourth-order valence-electron chi connectivity index (χ4n) is 2.95. The molecule has 2 amide bonds. The maximum atomic E-state index is 13.0. The molecule has 0 heterocycles. The van der Waals surface area contributed by atoms with Crippen molar-refractivity contribution in [1.82, 2.24) is 5.32 Å². The molecule has 3 aromatic carbocycles. The van der Waals surface area contributed by atoms with Gasteiger partial charge in [-0.3, -0.25) is 9.52 Å². The monoisotopic (exact) mass is 503 g/mol. The largest absolute Gasteiger partial charge is 0.481 e. The molecule has 0 aromatic heterocycles. The zero-order valence-electron chi connectivity index (χ0n) is 18.0. The molecule has 0 bridgehead atoms. The lowest BCUT2D eigenvalue weighted by molar-refractivity contribution is -0.136. The molecule has 0 atom stereocenters. The van der Waals surface area contributed by atoms with Gasteiger partial charge in [0.15, 0.2) is 5.75 Å². The molecule has 0 saturated carbocycles. The van der Waals surface area contributed by atoms with Crippen molar-refractivity contribution in [2.24, 2.45) is 0 Å². The number of sulfonamides is 1. The number of ether oxygens (including phenoxy) is 1. The van der Waals surface area contributed by atoms with Crippen molar-refractivity contribution in [3.05, 3.63) is 77.3 Å². The first-order valence-corrected chi connectivity index (χ1v) is 12.0. The van der Waals surface area contributed by atoms with Crippen molar-refractivity contribution in [3.63, 3.8) is 0 Å². The minimum Gasteiger partial charge on any atom is -0.481 e. The topological polar surface area (TPSA) is 134 Å². The maximum absolute atomic E-state index is 13.0. The summed E-state index contributed by atoms with van der Waals surface area (Å²) >= 11 is 5.86. The van der Waals surface area contributed by atoms with Crippen molar-refractivity contribution in [2.45, 2.75) is 18.2 Å². The van der Waals surface area contributed by atoms with Gasteiger partial charge < -0.3 is 20.5 Å². The molecule has 0 fully saturated rings. The van der Waals surface area contributed by atoms with Crippen LogP contribution < -0.4 is 20.1 Å². The summed E-state index contributed by atoms with van der Waals surface area (Å²) in [5.41, 5.74) is 0.905. The summed E-state index contributed by atoms with van der Waals surface area (Å²) in [5.74, 6) is -0.532. The Morgan fingerprint density at radius 2 is 1.76 bits per heavy atom. The first-order valence-electron chi connectivity index (χ1n) is 10.1. The highest BCUT2D eigenvalue weighted by Crippen LogP contribution is 2.34. The van der Waals surface area contributed by atoms with Crippen LogP contribution in [-0.2, 0) is 21.2 Å². The number of carboxylic acids is 1. The Kier molecular flexibility index (Phi) is 7.98. The summed E-state index contributed by atoms with van der Waals surface area (Å²) in [6.07, 6.45) is -0.192. The van der Waals surface area contributed by atoms with E-state index in [1.54, 1.807) is 37.3 Å². The SMILES string of the molecule is CCNC(=O)Nc1ccc(Oc2cccc(CC(=O)O)c2)c(NS(=O)(=O)c2ccc(Cl)cc2)c1. The Bertz CT molecular complexity index is 1300. The number of halogens is 1. The van der Waals surface area contributed by atoms with E-state index >= 15 is 0 Å². The number of benzene rings is 3. The second-order valence-corrected chi connectivity index (χ2v) is 9.19. The Morgan fingerprint density at radius 3 is 2.44 bits per heavy atom. The third-order valence-corrected chi connectivity index (χ3v) is 6.06. The second-order valence-electron chi connectivity index (χ2n) is 7.07. The highest BCUT2D eigenvalue weighted by atomic mass is 35.5. The Labute approximate surface area is 201 Å². The number of carboxylic acid groups (broad SMARTS) is 1. The molecule has 0 radical (unpaired) electrons. The minimum absolute atomic E-state index is 0.0200. The average Bonchev–Trinajstić information content (AvgIpc) is 2.75. The van der Waals surface area contributed by atoms with E-state index in [1.165, 1.54) is 36.4 Å². The molecule has 178 valence electrons. The number of rotatable bonds is 9. The normalized spacial score (nSPS) is 10.9. The number of aliphatic carboxylic acids is 1. The Hall–Kier alpha value is -3.76. The molecule has 0 aliphatic heterocycles. The number of amides is 2. The van der Waals surface area contributed by atoms with E-state index in [0.717, 1.165) is 0 Å². The van der Waals surface area contributed by atoms with Crippen LogP contribution >= 0.6 is 11.6 Å². The fourth-order valence-corrected chi connectivity index (χ4v) is 4.14. The van der Waals surface area contributed by atoms with Crippen LogP contribution in [0.1, 0.15) is 12.5 Å². The Morgan fingerprint density at radius 1 is 1.03 bits per heavy atom. The molecule has 9 nitrogen and oxygen atoms in total. The summed E-state index contributed by atoms with van der Waals surface area (Å²) in [5, 5.41) is 14.6. The Balaban J connectivity index is 1.96. The zero-order chi connectivity index (χ0) is 24.7. The van der Waals surface area contributed by atoms with Crippen molar-refractivity contribution in [1.29, 1.82) is 0 Å². The van der Waals surface area contributed by atoms with E-state index in [1.807, 2.05) is 0 Å². The van der Waals surface area contributed by atoms with Gasteiger partial charge in [-0.15, -0.1) is 0 Å². The lowest BCUT2D eigenvalue weighted by Gasteiger charge is -2.16. The molecule has 11 heteroatoms. The van der Waals surface area contributed by atoms with Gasteiger partial charge in [0, 0.05) is 17.3 Å². The van der Waals surface area contributed by atoms with E-state index in [2.05, 4.69) is 15.4 Å². The fraction of sp³-hybridized carbons (Fsp3) is 0.130. The lowest BCUT2D eigenvalue weighted by Crippen LogP contribution is -2.28. The van der Waals surface area contributed by atoms with Gasteiger partial charge in [0.25, 0.3) is 10.0 Å². The van der Waals surface area contributed by atoms with Crippen LogP contribution in [0.3, 0.4) is 0 Å². The number of anilines is 2. The van der Waals surface area contributed by atoms with E-state index in [4.69, 9.17) is 21.4 Å². The quantitative estimate of drug-likeness (QED) is 0.334. The molecule has 0 unspecified atom stereocenters. The van der Waals surface area contributed by atoms with Crippen LogP contribution in [0, 0.1) is 0 Å². The predicted octanol–water partition coefficient (Wildman–Crippen LogP) is 4.70. The molecule has 4 N–H and O–H groups in total. The maximum Gasteiger partial charge on any atom is 0.319 e. The summed E-state index contributed by atoms with van der Waals surface area (Å²) in [4.78, 5) is 22.9. The summed E-state index contributed by atoms with van der Waals surface area (Å²) in [7, 11) is -4.02. The second kappa shape index (κ2) is 10.9. The molecule has 0 spiro atoms. The van der Waals surface area contributed by atoms with Gasteiger partial charge in [0.05, 0.1) is 17.0 Å². The standard InChI is InChI=1S/C23H22ClN3O6S/c1-2-25-23(30)26-17-8-11-21(33-18-5-3-4-15(12-18)13-22(28)29)20(14-17)27-34(31,32)19-9-6-16(24)7-10-19/h3-12,14,27H,2,13H2,1H3,(H,28,29)(H2,25,26,30). The lowest BCUT2D eigenvalue weighted by atomic mass is 10.1. The highest BCUT2D eigenvalue weighted by molar-refractivity contribution is 7.92. The number of nitrogens with one attached hydrogen (secondary N) is 3. The van der Waals surface area contributed by atoms with Crippen molar-refractivity contribution < 1.29 is 27.9 Å². The van der Waals surface area contributed by atoms with Crippen LogP contribution in [-0.4, -0.2) is 32.1 Å². The van der Waals surface area contributed by atoms with Crippen molar-refractivity contribution in [2.75, 3.05) is 16.6 Å². The van der Waals surface area contributed by atoms with E-state index in [9.17, 15) is 18.0 Å². The number of carbonyl (C=O) groups excluding carboxylic acids is 1. The van der Waals surface area contributed by atoms with Gasteiger partial charge >= 0.3 is 12.0 Å². The third kappa shape index (κ3) is 6.87. The first-order chi connectivity index (χ1) is 16.2. The molecular weight excluding hydrogens is 482 g/mol. The van der Waals surface area contributed by atoms with Gasteiger partial charge in [0.1, 0.15) is 5.75 Å². The molecule has 0 aliphatic carbocycles. The van der Waals surface area contributed by atoms with Crippen LogP contribution in [0.2, 0.25) is 5.02 Å². The third-order valence-electron chi connectivity index (χ3n) is 4.42. The molecule has 0 aliphatic rings. The number of urea groups is 1. The van der Waals surface area contributed by atoms with E-state index < -0.39 is 22.0 Å². The zero-order valence-corrected chi connectivity index (χ0v) is 19.6. The van der Waals surface area contributed by atoms with Gasteiger partial charge in [-0.2, -0.15) is 0 Å². The number of hydrogen-bond donors (Lipinski definition) is 4. The number of carbonyl (C=O) groups is 2. The van der Waals surface area contributed by atoms with Gasteiger partial charge in [-0.05, 0) is 67.1 Å². The van der Waals surface area contributed by atoms with Crippen LogP contribution in [0.25, 0.3) is 0 Å². The first kappa shape index (κ1) is 24.9. The molecule has 3 aromatic rings. The molecule has 0 saturated heterocycles. The smallest absolute Gasteiger partial charge is 0.319 e. The summed E-state index contributed by atoms with van der Waals surface area (Å²) in [6.45, 7) is 2.18. The van der Waals surface area contributed by atoms with Gasteiger partial charge in [-0.25, -0.2) is 13.2 Å².